The molecule has 0 radical (unpaired) electrons. The van der Waals surface area contributed by atoms with Crippen LogP contribution in [0.25, 0.3) is 0 Å². The van der Waals surface area contributed by atoms with Gasteiger partial charge in [-0.15, -0.1) is 0 Å². The van der Waals surface area contributed by atoms with Crippen LogP contribution in [0.2, 0.25) is 0 Å². The van der Waals surface area contributed by atoms with E-state index in [1.807, 2.05) is 6.26 Å². The van der Waals surface area contributed by atoms with Gasteiger partial charge in [0.15, 0.2) is 6.29 Å². The Balaban J connectivity index is 2.95. The van der Waals surface area contributed by atoms with Gasteiger partial charge < -0.3 is 4.90 Å². The lowest BCUT2D eigenvalue weighted by molar-refractivity contribution is 0.112. The first-order valence-corrected chi connectivity index (χ1v) is 6.04. The highest BCUT2D eigenvalue weighted by Crippen LogP contribution is 2.22. The van der Waals surface area contributed by atoms with Crippen molar-refractivity contribution in [3.63, 3.8) is 0 Å². The lowest BCUT2D eigenvalue weighted by atomic mass is 10.1. The molecule has 0 atom stereocenters. The molecule has 0 amide bonds. The van der Waals surface area contributed by atoms with Crippen molar-refractivity contribution in [1.29, 1.82) is 0 Å². The van der Waals surface area contributed by atoms with E-state index in [1.165, 1.54) is 6.07 Å². The summed E-state index contributed by atoms with van der Waals surface area (Å²) in [6.45, 7) is 0.725. The summed E-state index contributed by atoms with van der Waals surface area (Å²) in [6, 6.07) is 4.55. The van der Waals surface area contributed by atoms with Crippen LogP contribution >= 0.6 is 11.8 Å². The monoisotopic (exact) mass is 227 g/mol. The molecule has 1 aromatic rings. The van der Waals surface area contributed by atoms with Crippen LogP contribution in [0.1, 0.15) is 10.4 Å². The second kappa shape index (κ2) is 5.75. The Kier molecular flexibility index (Phi) is 4.62. The first-order chi connectivity index (χ1) is 7.20. The van der Waals surface area contributed by atoms with Crippen LogP contribution in [-0.2, 0) is 0 Å². The van der Waals surface area contributed by atoms with E-state index < -0.39 is 0 Å². The molecule has 0 aromatic heterocycles. The summed E-state index contributed by atoms with van der Waals surface area (Å²) in [5, 5.41) is 0. The van der Waals surface area contributed by atoms with Crippen molar-refractivity contribution >= 4 is 23.7 Å². The number of aldehydes is 1. The summed E-state index contributed by atoms with van der Waals surface area (Å²) in [4.78, 5) is 12.5. The number of thioether (sulfide) groups is 1. The summed E-state index contributed by atoms with van der Waals surface area (Å²) < 4.78 is 13.5. The van der Waals surface area contributed by atoms with Gasteiger partial charge >= 0.3 is 0 Å². The molecule has 0 saturated carbocycles. The number of benzene rings is 1. The highest BCUT2D eigenvalue weighted by molar-refractivity contribution is 7.98. The number of carbonyl (C=O) groups is 1. The number of anilines is 1. The smallest absolute Gasteiger partial charge is 0.152 e. The summed E-state index contributed by atoms with van der Waals surface area (Å²) in [7, 11) is 1.79. The minimum atomic E-state index is -0.344. The van der Waals surface area contributed by atoms with Gasteiger partial charge in [0.1, 0.15) is 5.82 Å². The zero-order chi connectivity index (χ0) is 11.3. The molecule has 82 valence electrons. The van der Waals surface area contributed by atoms with E-state index in [4.69, 9.17) is 0 Å². The average Bonchev–Trinajstić information content (AvgIpc) is 2.25. The molecule has 2 nitrogen and oxygen atoms in total. The third-order valence-electron chi connectivity index (χ3n) is 2.16. The Bertz CT molecular complexity index is 343. The number of nitrogens with zero attached hydrogens (tertiary/aromatic N) is 1. The maximum atomic E-state index is 13.5. The lowest BCUT2D eigenvalue weighted by Crippen LogP contribution is -2.22. The van der Waals surface area contributed by atoms with Crippen molar-refractivity contribution in [3.8, 4) is 0 Å². The van der Waals surface area contributed by atoms with Crippen molar-refractivity contribution < 1.29 is 9.18 Å². The van der Waals surface area contributed by atoms with E-state index in [2.05, 4.69) is 0 Å². The molecule has 0 saturated heterocycles. The molecule has 1 rings (SSSR count). The predicted octanol–water partition coefficient (Wildman–Crippen LogP) is 2.44. The maximum Gasteiger partial charge on any atom is 0.152 e. The van der Waals surface area contributed by atoms with Crippen LogP contribution < -0.4 is 4.90 Å². The topological polar surface area (TPSA) is 20.3 Å². The second-order valence-electron chi connectivity index (χ2n) is 3.21. The largest absolute Gasteiger partial charge is 0.371 e. The van der Waals surface area contributed by atoms with E-state index in [-0.39, 0.29) is 5.82 Å². The van der Waals surface area contributed by atoms with Crippen molar-refractivity contribution in [2.45, 2.75) is 0 Å². The quantitative estimate of drug-likeness (QED) is 0.721. The normalized spacial score (nSPS) is 10.1. The van der Waals surface area contributed by atoms with Crippen molar-refractivity contribution in [2.75, 3.05) is 30.5 Å². The Morgan fingerprint density at radius 2 is 2.27 bits per heavy atom. The number of hydrogen-bond donors (Lipinski definition) is 0. The van der Waals surface area contributed by atoms with Crippen LogP contribution in [0.4, 0.5) is 10.1 Å². The molecule has 0 bridgehead atoms. The fourth-order valence-electron chi connectivity index (χ4n) is 1.37. The molecule has 0 heterocycles. The minimum Gasteiger partial charge on any atom is -0.371 e. The van der Waals surface area contributed by atoms with Gasteiger partial charge in [-0.25, -0.2) is 4.39 Å². The number of hydrogen-bond acceptors (Lipinski definition) is 3. The van der Waals surface area contributed by atoms with Crippen LogP contribution in [0.3, 0.4) is 0 Å². The third kappa shape index (κ3) is 2.96. The van der Waals surface area contributed by atoms with Gasteiger partial charge in [-0.1, -0.05) is 6.07 Å². The second-order valence-corrected chi connectivity index (χ2v) is 4.20. The molecular formula is C11H14FNOS. The molecule has 1 aromatic carbocycles. The van der Waals surface area contributed by atoms with Gasteiger partial charge in [0.25, 0.3) is 0 Å². The molecule has 0 unspecified atom stereocenters. The van der Waals surface area contributed by atoms with E-state index >= 15 is 0 Å². The predicted molar refractivity (Wildman–Crippen MR) is 63.4 cm³/mol. The molecular weight excluding hydrogens is 213 g/mol. The number of para-hydroxylation sites is 1. The molecule has 15 heavy (non-hydrogen) atoms. The number of rotatable bonds is 5. The van der Waals surface area contributed by atoms with E-state index in [0.717, 1.165) is 12.3 Å². The highest BCUT2D eigenvalue weighted by Gasteiger charge is 2.11. The van der Waals surface area contributed by atoms with Gasteiger partial charge in [-0.05, 0) is 18.4 Å². The minimum absolute atomic E-state index is 0.344. The SMILES string of the molecule is CSCCN(C)c1c(F)cccc1C=O. The summed E-state index contributed by atoms with van der Waals surface area (Å²) >= 11 is 1.69. The van der Waals surface area contributed by atoms with Crippen molar-refractivity contribution in [3.05, 3.63) is 29.6 Å². The van der Waals surface area contributed by atoms with E-state index in [9.17, 15) is 9.18 Å². The maximum absolute atomic E-state index is 13.5. The Hall–Kier alpha value is -1.03. The third-order valence-corrected chi connectivity index (χ3v) is 2.75. The van der Waals surface area contributed by atoms with Gasteiger partial charge in [0, 0.05) is 24.9 Å². The average molecular weight is 227 g/mol. The standard InChI is InChI=1S/C11H14FNOS/c1-13(6-7-15-2)11-9(8-14)4-3-5-10(11)12/h3-5,8H,6-7H2,1-2H3. The molecule has 0 fully saturated rings. The van der Waals surface area contributed by atoms with Gasteiger partial charge in [0.2, 0.25) is 0 Å². The fourth-order valence-corrected chi connectivity index (χ4v) is 1.83. The first-order valence-electron chi connectivity index (χ1n) is 4.64. The van der Waals surface area contributed by atoms with Gasteiger partial charge in [-0.2, -0.15) is 11.8 Å². The van der Waals surface area contributed by atoms with Gasteiger partial charge in [-0.3, -0.25) is 4.79 Å². The molecule has 0 aliphatic rings. The van der Waals surface area contributed by atoms with Crippen LogP contribution in [-0.4, -0.2) is 31.9 Å². The zero-order valence-corrected chi connectivity index (χ0v) is 9.68. The van der Waals surface area contributed by atoms with E-state index in [0.29, 0.717) is 17.5 Å². The van der Waals surface area contributed by atoms with Crippen LogP contribution in [0, 0.1) is 5.82 Å². The molecule has 0 aliphatic heterocycles. The molecule has 0 spiro atoms. The Labute approximate surface area is 93.5 Å². The fraction of sp³-hybridized carbons (Fsp3) is 0.364. The van der Waals surface area contributed by atoms with Crippen LogP contribution in [0.15, 0.2) is 18.2 Å². The van der Waals surface area contributed by atoms with Crippen molar-refractivity contribution in [2.24, 2.45) is 0 Å². The molecule has 0 aliphatic carbocycles. The molecule has 4 heteroatoms. The summed E-state index contributed by atoms with van der Waals surface area (Å²) in [5.41, 5.74) is 0.792. The Morgan fingerprint density at radius 1 is 1.53 bits per heavy atom. The number of halogens is 1. The van der Waals surface area contributed by atoms with Crippen LogP contribution in [0.5, 0.6) is 0 Å². The summed E-state index contributed by atoms with van der Waals surface area (Å²) in [5.74, 6) is 0.562. The highest BCUT2D eigenvalue weighted by atomic mass is 32.2. The number of carbonyl (C=O) groups excluding carboxylic acids is 1. The Morgan fingerprint density at radius 3 is 2.87 bits per heavy atom. The van der Waals surface area contributed by atoms with Gasteiger partial charge in [0.05, 0.1) is 5.69 Å². The molecule has 0 N–H and O–H groups in total. The first kappa shape index (κ1) is 12.0. The van der Waals surface area contributed by atoms with E-state index in [1.54, 1.807) is 35.8 Å². The summed E-state index contributed by atoms with van der Waals surface area (Å²) in [6.07, 6.45) is 2.68. The zero-order valence-electron chi connectivity index (χ0n) is 8.87. The van der Waals surface area contributed by atoms with Crippen molar-refractivity contribution in [1.82, 2.24) is 0 Å². The lowest BCUT2D eigenvalue weighted by Gasteiger charge is -2.20.